The van der Waals surface area contributed by atoms with Gasteiger partial charge in [-0.1, -0.05) is 29.8 Å². The first-order chi connectivity index (χ1) is 12.9. The maximum absolute atomic E-state index is 12.6. The number of carbonyl (C=O) groups is 2. The van der Waals surface area contributed by atoms with Crippen LogP contribution in [0.3, 0.4) is 0 Å². The van der Waals surface area contributed by atoms with Gasteiger partial charge in [-0.05, 0) is 35.7 Å². The maximum atomic E-state index is 12.6. The fraction of sp³-hybridized carbons (Fsp3) is 0.250. The molecule has 6 nitrogen and oxygen atoms in total. The summed E-state index contributed by atoms with van der Waals surface area (Å²) in [5.41, 5.74) is 7.58. The summed E-state index contributed by atoms with van der Waals surface area (Å²) in [6, 6.07) is 12.3. The Morgan fingerprint density at radius 1 is 1.15 bits per heavy atom. The minimum atomic E-state index is -1.05. The van der Waals surface area contributed by atoms with Crippen LogP contribution in [-0.2, 0) is 9.59 Å². The van der Waals surface area contributed by atoms with Crippen LogP contribution in [0.25, 0.3) is 0 Å². The maximum Gasteiger partial charge on any atom is 0.259 e. The van der Waals surface area contributed by atoms with E-state index in [9.17, 15) is 9.59 Å². The van der Waals surface area contributed by atoms with Crippen molar-refractivity contribution in [3.05, 3.63) is 58.6 Å². The molecular weight excluding hydrogens is 368 g/mol. The topological polar surface area (TPSA) is 91.0 Å². The molecule has 2 unspecified atom stereocenters. The van der Waals surface area contributed by atoms with Gasteiger partial charge in [-0.2, -0.15) is 0 Å². The normalized spacial score (nSPS) is 19.4. The van der Waals surface area contributed by atoms with E-state index in [1.807, 2.05) is 0 Å². The molecule has 0 radical (unpaired) electrons. The van der Waals surface area contributed by atoms with E-state index >= 15 is 0 Å². The highest BCUT2D eigenvalue weighted by Gasteiger charge is 2.40. The summed E-state index contributed by atoms with van der Waals surface area (Å²) in [6.07, 6.45) is 0.365. The van der Waals surface area contributed by atoms with Gasteiger partial charge in [0, 0.05) is 17.0 Å². The van der Waals surface area contributed by atoms with Crippen molar-refractivity contribution in [1.82, 2.24) is 0 Å². The number of amides is 2. The second-order valence-electron chi connectivity index (χ2n) is 6.20. The molecule has 27 heavy (non-hydrogen) atoms. The number of hydrogen-bond acceptors (Lipinski definition) is 4. The number of primary amides is 1. The minimum Gasteiger partial charge on any atom is -0.497 e. The molecule has 0 aliphatic carbocycles. The van der Waals surface area contributed by atoms with E-state index < -0.39 is 23.7 Å². The van der Waals surface area contributed by atoms with Crippen molar-refractivity contribution in [2.75, 3.05) is 14.2 Å². The molecule has 0 fully saturated rings. The molecule has 0 saturated heterocycles. The number of aliphatic imine (C=N–C) groups is 1. The lowest BCUT2D eigenvalue weighted by Crippen LogP contribution is -2.39. The van der Waals surface area contributed by atoms with Crippen LogP contribution in [0.4, 0.5) is 0 Å². The first kappa shape index (κ1) is 18.9. The zero-order valence-electron chi connectivity index (χ0n) is 14.9. The average Bonchev–Trinajstić information content (AvgIpc) is 2.67. The Morgan fingerprint density at radius 2 is 1.85 bits per heavy atom. The lowest BCUT2D eigenvalue weighted by Gasteiger charge is -2.29. The molecular formula is C20H19ClN2O4. The van der Waals surface area contributed by atoms with Crippen molar-refractivity contribution in [2.24, 2.45) is 16.6 Å². The van der Waals surface area contributed by atoms with Gasteiger partial charge in [-0.3, -0.25) is 9.59 Å². The molecule has 1 heterocycles. The monoisotopic (exact) mass is 386 g/mol. The minimum absolute atomic E-state index is 0.365. The third-order valence-corrected chi connectivity index (χ3v) is 4.90. The summed E-state index contributed by atoms with van der Waals surface area (Å²) in [6.45, 7) is 0. The second-order valence-corrected chi connectivity index (χ2v) is 6.64. The van der Waals surface area contributed by atoms with Gasteiger partial charge in [-0.25, -0.2) is 4.99 Å². The van der Waals surface area contributed by atoms with E-state index in [1.165, 1.54) is 7.11 Å². The number of nitrogens with zero attached hydrogens (tertiary/aromatic N) is 1. The molecule has 2 atom stereocenters. The van der Waals surface area contributed by atoms with Crippen LogP contribution in [0.15, 0.2) is 47.5 Å². The van der Waals surface area contributed by atoms with Crippen molar-refractivity contribution in [2.45, 2.75) is 12.3 Å². The molecule has 0 saturated carbocycles. The fourth-order valence-corrected chi connectivity index (χ4v) is 3.43. The first-order valence-electron chi connectivity index (χ1n) is 8.33. The van der Waals surface area contributed by atoms with E-state index in [0.717, 1.165) is 5.56 Å². The van der Waals surface area contributed by atoms with E-state index in [0.29, 0.717) is 34.2 Å². The van der Waals surface area contributed by atoms with Crippen LogP contribution in [0, 0.1) is 5.92 Å². The molecule has 0 spiro atoms. The summed E-state index contributed by atoms with van der Waals surface area (Å²) >= 11 is 5.94. The van der Waals surface area contributed by atoms with Crippen molar-refractivity contribution in [1.29, 1.82) is 0 Å². The van der Waals surface area contributed by atoms with Gasteiger partial charge in [0.25, 0.3) is 5.91 Å². The Bertz CT molecular complexity index is 909. The average molecular weight is 387 g/mol. The van der Waals surface area contributed by atoms with E-state index in [2.05, 4.69) is 4.99 Å². The van der Waals surface area contributed by atoms with E-state index in [4.69, 9.17) is 26.8 Å². The Labute approximate surface area is 161 Å². The Hall–Kier alpha value is -2.86. The molecule has 1 aliphatic rings. The summed E-state index contributed by atoms with van der Waals surface area (Å²) in [4.78, 5) is 28.7. The van der Waals surface area contributed by atoms with Crippen LogP contribution < -0.4 is 15.2 Å². The first-order valence-corrected chi connectivity index (χ1v) is 8.71. The summed E-state index contributed by atoms with van der Waals surface area (Å²) in [5, 5.41) is 0.588. The predicted octanol–water partition coefficient (Wildman–Crippen LogP) is 2.96. The van der Waals surface area contributed by atoms with Gasteiger partial charge in [0.1, 0.15) is 17.4 Å². The lowest BCUT2D eigenvalue weighted by molar-refractivity contribution is -0.132. The smallest absolute Gasteiger partial charge is 0.259 e. The zero-order valence-corrected chi connectivity index (χ0v) is 15.7. The van der Waals surface area contributed by atoms with Gasteiger partial charge in [-0.15, -0.1) is 0 Å². The molecule has 140 valence electrons. The van der Waals surface area contributed by atoms with Gasteiger partial charge < -0.3 is 15.2 Å². The van der Waals surface area contributed by atoms with Crippen LogP contribution in [0.5, 0.6) is 11.5 Å². The molecule has 1 aliphatic heterocycles. The number of ether oxygens (including phenoxy) is 2. The van der Waals surface area contributed by atoms with Gasteiger partial charge in [0.2, 0.25) is 5.91 Å². The van der Waals surface area contributed by atoms with Crippen LogP contribution in [0.2, 0.25) is 5.02 Å². The highest BCUT2D eigenvalue weighted by atomic mass is 35.5. The van der Waals surface area contributed by atoms with Gasteiger partial charge in [0.05, 0.1) is 19.9 Å². The summed E-state index contributed by atoms with van der Waals surface area (Å²) < 4.78 is 10.7. The van der Waals surface area contributed by atoms with Crippen molar-refractivity contribution in [3.63, 3.8) is 0 Å². The van der Waals surface area contributed by atoms with Gasteiger partial charge in [0.15, 0.2) is 0 Å². The number of halogens is 1. The van der Waals surface area contributed by atoms with Crippen molar-refractivity contribution >= 4 is 29.1 Å². The number of rotatable bonds is 5. The number of hydrogen-bond donors (Lipinski definition) is 1. The standard InChI is InChI=1S/C20H19ClN2O4/c1-26-13-7-8-14(17(9-13)27-2)15-10-16(11-3-5-12(21)6-4-11)23-20(25)18(15)19(22)24/h3-9,15,18H,10H2,1-2H3,(H2,22,24). The number of methoxy groups -OCH3 is 2. The molecule has 7 heteroatoms. The number of nitrogens with two attached hydrogens (primary N) is 1. The Balaban J connectivity index is 2.07. The molecule has 0 aromatic heterocycles. The Kier molecular flexibility index (Phi) is 5.46. The molecule has 3 rings (SSSR count). The van der Waals surface area contributed by atoms with E-state index in [1.54, 1.807) is 49.6 Å². The molecule has 0 bridgehead atoms. The quantitative estimate of drug-likeness (QED) is 0.800. The van der Waals surface area contributed by atoms with Crippen molar-refractivity contribution in [3.8, 4) is 11.5 Å². The highest BCUT2D eigenvalue weighted by molar-refractivity contribution is 6.30. The van der Waals surface area contributed by atoms with Crippen LogP contribution in [0.1, 0.15) is 23.5 Å². The van der Waals surface area contributed by atoms with Crippen molar-refractivity contribution < 1.29 is 19.1 Å². The fourth-order valence-electron chi connectivity index (χ4n) is 3.31. The zero-order chi connectivity index (χ0) is 19.6. The third-order valence-electron chi connectivity index (χ3n) is 4.65. The van der Waals surface area contributed by atoms with Crippen LogP contribution >= 0.6 is 11.6 Å². The predicted molar refractivity (Wildman–Crippen MR) is 103 cm³/mol. The largest absolute Gasteiger partial charge is 0.497 e. The number of carbonyl (C=O) groups excluding carboxylic acids is 2. The summed E-state index contributed by atoms with van der Waals surface area (Å²) in [7, 11) is 3.08. The number of benzene rings is 2. The third kappa shape index (κ3) is 3.80. The summed E-state index contributed by atoms with van der Waals surface area (Å²) in [5.74, 6) is -1.67. The molecule has 2 amide bonds. The molecule has 2 aromatic carbocycles. The highest BCUT2D eigenvalue weighted by Crippen LogP contribution is 2.40. The van der Waals surface area contributed by atoms with E-state index in [-0.39, 0.29) is 0 Å². The molecule has 2 aromatic rings. The van der Waals surface area contributed by atoms with Crippen LogP contribution in [-0.4, -0.2) is 31.7 Å². The van der Waals surface area contributed by atoms with Gasteiger partial charge >= 0.3 is 0 Å². The Morgan fingerprint density at radius 3 is 2.44 bits per heavy atom. The lowest BCUT2D eigenvalue weighted by atomic mass is 9.77. The second kappa shape index (κ2) is 7.80. The SMILES string of the molecule is COc1ccc(C2CC(c3ccc(Cl)cc3)=NC(=O)C2C(N)=O)c(OC)c1. The molecule has 2 N–H and O–H groups in total.